The minimum Gasteiger partial charge on any atom is -0.436 e. The van der Waals surface area contributed by atoms with Gasteiger partial charge < -0.3 is 14.6 Å². The Balaban J connectivity index is 1.38. The lowest BCUT2D eigenvalue weighted by atomic mass is 10.0. The molecular weight excluding hydrogens is 438 g/mol. The molecule has 0 saturated heterocycles. The number of para-hydroxylation sites is 2. The molecule has 1 aliphatic rings. The molecule has 6 heteroatoms. The van der Waals surface area contributed by atoms with Crippen LogP contribution in [-0.4, -0.2) is 34.3 Å². The van der Waals surface area contributed by atoms with E-state index in [0.29, 0.717) is 31.0 Å². The number of benzene rings is 3. The van der Waals surface area contributed by atoms with Gasteiger partial charge in [0.15, 0.2) is 5.58 Å². The summed E-state index contributed by atoms with van der Waals surface area (Å²) >= 11 is 0. The van der Waals surface area contributed by atoms with Gasteiger partial charge in [0.2, 0.25) is 11.8 Å². The quantitative estimate of drug-likeness (QED) is 0.393. The number of rotatable bonds is 7. The molecule has 1 aromatic heterocycles. The van der Waals surface area contributed by atoms with Crippen molar-refractivity contribution < 1.29 is 14.0 Å². The molecule has 0 aliphatic heterocycles. The van der Waals surface area contributed by atoms with Crippen molar-refractivity contribution >= 4 is 22.9 Å². The van der Waals surface area contributed by atoms with Crippen molar-refractivity contribution in [3.05, 3.63) is 90.0 Å². The average molecular weight is 468 g/mol. The van der Waals surface area contributed by atoms with E-state index < -0.39 is 0 Å². The van der Waals surface area contributed by atoms with Gasteiger partial charge in [0.25, 0.3) is 5.91 Å². The number of nitrogens with zero attached hydrogens (tertiary/aromatic N) is 2. The van der Waals surface area contributed by atoms with Gasteiger partial charge in [-0.05, 0) is 68.1 Å². The predicted molar refractivity (Wildman–Crippen MR) is 136 cm³/mol. The molecule has 0 bridgehead atoms. The van der Waals surface area contributed by atoms with E-state index in [1.54, 1.807) is 0 Å². The van der Waals surface area contributed by atoms with Gasteiger partial charge in [0, 0.05) is 36.2 Å². The summed E-state index contributed by atoms with van der Waals surface area (Å²) in [5, 5.41) is 2.93. The third-order valence-corrected chi connectivity index (χ3v) is 6.70. The zero-order valence-corrected chi connectivity index (χ0v) is 19.8. The van der Waals surface area contributed by atoms with Crippen LogP contribution in [0.1, 0.15) is 42.1 Å². The number of oxazole rings is 1. The van der Waals surface area contributed by atoms with Crippen molar-refractivity contribution in [2.75, 3.05) is 6.54 Å². The molecule has 6 nitrogen and oxygen atoms in total. The normalized spacial score (nSPS) is 17.4. The van der Waals surface area contributed by atoms with E-state index in [1.807, 2.05) is 90.7 Å². The Labute approximate surface area is 205 Å². The summed E-state index contributed by atoms with van der Waals surface area (Å²) < 4.78 is 5.87. The van der Waals surface area contributed by atoms with Crippen LogP contribution in [0.5, 0.6) is 0 Å². The molecule has 4 aromatic rings. The highest BCUT2D eigenvalue weighted by molar-refractivity contribution is 5.95. The van der Waals surface area contributed by atoms with Crippen LogP contribution >= 0.6 is 0 Å². The summed E-state index contributed by atoms with van der Waals surface area (Å²) in [5.41, 5.74) is 4.05. The number of amides is 2. The van der Waals surface area contributed by atoms with Crippen LogP contribution in [0.2, 0.25) is 0 Å². The van der Waals surface area contributed by atoms with Gasteiger partial charge in [0.05, 0.1) is 0 Å². The van der Waals surface area contributed by atoms with Crippen LogP contribution in [0.15, 0.2) is 83.3 Å². The Bertz CT molecular complexity index is 1280. The lowest BCUT2D eigenvalue weighted by Crippen LogP contribution is -2.39. The molecule has 35 heavy (non-hydrogen) atoms. The summed E-state index contributed by atoms with van der Waals surface area (Å²) in [5.74, 6) is 0.545. The fourth-order valence-corrected chi connectivity index (χ4v) is 4.86. The highest BCUT2D eigenvalue weighted by Crippen LogP contribution is 2.32. The van der Waals surface area contributed by atoms with Gasteiger partial charge in [-0.3, -0.25) is 9.59 Å². The molecule has 1 aliphatic carbocycles. The Morgan fingerprint density at radius 1 is 0.971 bits per heavy atom. The van der Waals surface area contributed by atoms with Crippen molar-refractivity contribution in [2.45, 2.75) is 38.8 Å². The third-order valence-electron chi connectivity index (χ3n) is 6.70. The van der Waals surface area contributed by atoms with E-state index in [2.05, 4.69) is 10.3 Å². The molecule has 2 amide bonds. The van der Waals surface area contributed by atoms with Crippen molar-refractivity contribution in [3.63, 3.8) is 0 Å². The Morgan fingerprint density at radius 2 is 1.71 bits per heavy atom. The highest BCUT2D eigenvalue weighted by atomic mass is 16.3. The molecule has 1 heterocycles. The van der Waals surface area contributed by atoms with Crippen molar-refractivity contribution in [1.29, 1.82) is 0 Å². The van der Waals surface area contributed by atoms with Crippen LogP contribution in [0.3, 0.4) is 0 Å². The zero-order chi connectivity index (χ0) is 24.2. The van der Waals surface area contributed by atoms with Gasteiger partial charge in [-0.25, -0.2) is 4.98 Å². The molecule has 2 atom stereocenters. The third kappa shape index (κ3) is 4.97. The fraction of sp³-hybridized carbons (Fsp3) is 0.276. The lowest BCUT2D eigenvalue weighted by Gasteiger charge is -2.29. The number of carbonyl (C=O) groups excluding carboxylic acids is 2. The first kappa shape index (κ1) is 22.8. The molecule has 178 valence electrons. The SMILES string of the molecule is CCNC(=O)[C@H]1CC[C@@H](N(Cc2ccccc2)C(=O)c2ccc(-c3nc4ccccc4o3)cc2)C1. The van der Waals surface area contributed by atoms with Crippen molar-refractivity contribution in [1.82, 2.24) is 15.2 Å². The molecule has 0 radical (unpaired) electrons. The number of carbonyl (C=O) groups is 2. The molecule has 3 aromatic carbocycles. The van der Waals surface area contributed by atoms with E-state index in [9.17, 15) is 9.59 Å². The first-order chi connectivity index (χ1) is 17.1. The Morgan fingerprint density at radius 3 is 2.46 bits per heavy atom. The predicted octanol–water partition coefficient (Wildman–Crippen LogP) is 5.44. The van der Waals surface area contributed by atoms with E-state index in [0.717, 1.165) is 35.1 Å². The van der Waals surface area contributed by atoms with Gasteiger partial charge in [0.1, 0.15) is 5.52 Å². The van der Waals surface area contributed by atoms with Gasteiger partial charge in [-0.1, -0.05) is 42.5 Å². The minimum absolute atomic E-state index is 0.0204. The number of hydrogen-bond acceptors (Lipinski definition) is 4. The minimum atomic E-state index is -0.0486. The van der Waals surface area contributed by atoms with Crippen LogP contribution in [0, 0.1) is 5.92 Å². The lowest BCUT2D eigenvalue weighted by molar-refractivity contribution is -0.124. The molecule has 5 rings (SSSR count). The van der Waals surface area contributed by atoms with Crippen molar-refractivity contribution in [2.24, 2.45) is 5.92 Å². The summed E-state index contributed by atoms with van der Waals surface area (Å²) in [6.45, 7) is 3.07. The van der Waals surface area contributed by atoms with Crippen LogP contribution in [0.4, 0.5) is 0 Å². The number of nitrogens with one attached hydrogen (secondary N) is 1. The van der Waals surface area contributed by atoms with Crippen LogP contribution < -0.4 is 5.32 Å². The summed E-state index contributed by atoms with van der Waals surface area (Å²) in [6, 6.07) is 25.1. The number of hydrogen-bond donors (Lipinski definition) is 1. The van der Waals surface area contributed by atoms with Crippen molar-refractivity contribution in [3.8, 4) is 11.5 Å². The second-order valence-electron chi connectivity index (χ2n) is 9.04. The fourth-order valence-electron chi connectivity index (χ4n) is 4.86. The van der Waals surface area contributed by atoms with Crippen LogP contribution in [0.25, 0.3) is 22.6 Å². The van der Waals surface area contributed by atoms with Crippen LogP contribution in [-0.2, 0) is 11.3 Å². The first-order valence-corrected chi connectivity index (χ1v) is 12.2. The van der Waals surface area contributed by atoms with Gasteiger partial charge in [-0.2, -0.15) is 0 Å². The topological polar surface area (TPSA) is 75.4 Å². The maximum atomic E-state index is 13.7. The smallest absolute Gasteiger partial charge is 0.254 e. The standard InChI is InChI=1S/C29H29N3O3/c1-2-30-27(33)23-16-17-24(18-23)32(19-20-8-4-3-5-9-20)29(34)22-14-12-21(13-15-22)28-31-25-10-6-7-11-26(25)35-28/h3-15,23-24H,2,16-19H2,1H3,(H,30,33)/t23-,24+/m0/s1. The average Bonchev–Trinajstić information content (AvgIpc) is 3.56. The maximum absolute atomic E-state index is 13.7. The van der Waals surface area contributed by atoms with E-state index in [1.165, 1.54) is 0 Å². The monoisotopic (exact) mass is 467 g/mol. The largest absolute Gasteiger partial charge is 0.436 e. The second kappa shape index (κ2) is 10.1. The van der Waals surface area contributed by atoms with Gasteiger partial charge >= 0.3 is 0 Å². The Hall–Kier alpha value is -3.93. The van der Waals surface area contributed by atoms with E-state index in [4.69, 9.17) is 4.42 Å². The highest BCUT2D eigenvalue weighted by Gasteiger charge is 2.35. The van der Waals surface area contributed by atoms with Gasteiger partial charge in [-0.15, -0.1) is 0 Å². The summed E-state index contributed by atoms with van der Waals surface area (Å²) in [4.78, 5) is 32.6. The maximum Gasteiger partial charge on any atom is 0.254 e. The molecule has 0 unspecified atom stereocenters. The zero-order valence-electron chi connectivity index (χ0n) is 19.8. The molecule has 0 spiro atoms. The summed E-state index contributed by atoms with van der Waals surface area (Å²) in [6.07, 6.45) is 2.30. The summed E-state index contributed by atoms with van der Waals surface area (Å²) in [7, 11) is 0. The molecule has 1 N–H and O–H groups in total. The number of fused-ring (bicyclic) bond motifs is 1. The molecule has 1 saturated carbocycles. The first-order valence-electron chi connectivity index (χ1n) is 12.2. The Kier molecular flexibility index (Phi) is 6.62. The molecule has 1 fully saturated rings. The van der Waals surface area contributed by atoms with E-state index in [-0.39, 0.29) is 23.8 Å². The molecular formula is C29H29N3O3. The van der Waals surface area contributed by atoms with E-state index >= 15 is 0 Å². The number of aromatic nitrogens is 1. The second-order valence-corrected chi connectivity index (χ2v) is 9.04.